The number of carbonyl (C=O) groups is 1. The molecule has 1 N–H and O–H groups in total. The molecule has 3 nitrogen and oxygen atoms in total. The second-order valence-corrected chi connectivity index (χ2v) is 10.8. The van der Waals surface area contributed by atoms with Crippen LogP contribution in [0.1, 0.15) is 73.7 Å². The van der Waals surface area contributed by atoms with E-state index in [4.69, 9.17) is 0 Å². The van der Waals surface area contributed by atoms with E-state index in [2.05, 4.69) is 46.6 Å². The van der Waals surface area contributed by atoms with Crippen LogP contribution in [-0.2, 0) is 5.41 Å². The van der Waals surface area contributed by atoms with Gasteiger partial charge in [0.05, 0.1) is 0 Å². The fourth-order valence-electron chi connectivity index (χ4n) is 7.55. The Morgan fingerprint density at radius 3 is 1.94 bits per heavy atom. The van der Waals surface area contributed by atoms with Crippen LogP contribution in [0.15, 0.2) is 48.5 Å². The van der Waals surface area contributed by atoms with E-state index >= 15 is 0 Å². The van der Waals surface area contributed by atoms with Crippen LogP contribution in [0.4, 0.5) is 11.4 Å². The molecule has 0 atom stereocenters. The summed E-state index contributed by atoms with van der Waals surface area (Å²) in [7, 11) is 0. The first-order valence-electron chi connectivity index (χ1n) is 12.4. The maximum Gasteiger partial charge on any atom is 0.255 e. The molecule has 7 rings (SSSR count). The van der Waals surface area contributed by atoms with Gasteiger partial charge in [0.25, 0.3) is 5.91 Å². The molecule has 5 fully saturated rings. The van der Waals surface area contributed by atoms with Gasteiger partial charge in [0.1, 0.15) is 0 Å². The normalized spacial score (nSPS) is 31.6. The average Bonchev–Trinajstić information content (AvgIpc) is 2.79. The molecule has 162 valence electrons. The zero-order chi connectivity index (χ0) is 20.8. The van der Waals surface area contributed by atoms with Crippen molar-refractivity contribution in [3.8, 4) is 0 Å². The number of hydrogen-bond acceptors (Lipinski definition) is 2. The summed E-state index contributed by atoms with van der Waals surface area (Å²) in [5.74, 6) is 2.85. The maximum absolute atomic E-state index is 12.8. The van der Waals surface area contributed by atoms with Crippen molar-refractivity contribution in [1.82, 2.24) is 0 Å². The van der Waals surface area contributed by atoms with Crippen molar-refractivity contribution in [2.24, 2.45) is 17.8 Å². The maximum atomic E-state index is 12.8. The first kappa shape index (κ1) is 19.4. The lowest BCUT2D eigenvalue weighted by Crippen LogP contribution is -2.48. The highest BCUT2D eigenvalue weighted by Gasteiger charge is 2.51. The summed E-state index contributed by atoms with van der Waals surface area (Å²) in [5, 5.41) is 3.11. The molecule has 1 saturated heterocycles. The number of nitrogens with one attached hydrogen (secondary N) is 1. The predicted octanol–water partition coefficient (Wildman–Crippen LogP) is 6.40. The van der Waals surface area contributed by atoms with Crippen LogP contribution in [0.5, 0.6) is 0 Å². The number of hydrogen-bond donors (Lipinski definition) is 1. The molecular weight excluding hydrogens is 380 g/mol. The molecule has 4 aliphatic carbocycles. The molecule has 5 aliphatic rings. The summed E-state index contributed by atoms with van der Waals surface area (Å²) >= 11 is 0. The molecule has 3 heteroatoms. The topological polar surface area (TPSA) is 32.3 Å². The second-order valence-electron chi connectivity index (χ2n) is 10.8. The van der Waals surface area contributed by atoms with E-state index in [0.717, 1.165) is 42.1 Å². The van der Waals surface area contributed by atoms with Crippen molar-refractivity contribution in [2.45, 2.75) is 63.2 Å². The lowest BCUT2D eigenvalue weighted by molar-refractivity contribution is -0.00518. The van der Waals surface area contributed by atoms with Gasteiger partial charge >= 0.3 is 0 Å². The minimum absolute atomic E-state index is 0.0206. The van der Waals surface area contributed by atoms with Crippen LogP contribution in [-0.4, -0.2) is 19.0 Å². The van der Waals surface area contributed by atoms with E-state index < -0.39 is 0 Å². The summed E-state index contributed by atoms with van der Waals surface area (Å²) in [6.45, 7) is 2.25. The zero-order valence-electron chi connectivity index (χ0n) is 18.5. The van der Waals surface area contributed by atoms with Crippen molar-refractivity contribution >= 4 is 17.3 Å². The Labute approximate surface area is 186 Å². The molecule has 1 amide bonds. The van der Waals surface area contributed by atoms with E-state index in [-0.39, 0.29) is 5.91 Å². The smallest absolute Gasteiger partial charge is 0.255 e. The fourth-order valence-corrected chi connectivity index (χ4v) is 7.55. The Morgan fingerprint density at radius 2 is 1.35 bits per heavy atom. The van der Waals surface area contributed by atoms with E-state index in [1.54, 1.807) is 0 Å². The Morgan fingerprint density at radius 1 is 0.774 bits per heavy atom. The van der Waals surface area contributed by atoms with Gasteiger partial charge in [-0.1, -0.05) is 12.1 Å². The predicted molar refractivity (Wildman–Crippen MR) is 127 cm³/mol. The molecule has 2 aromatic rings. The third kappa shape index (κ3) is 3.66. The largest absolute Gasteiger partial charge is 0.372 e. The summed E-state index contributed by atoms with van der Waals surface area (Å²) < 4.78 is 0. The minimum Gasteiger partial charge on any atom is -0.372 e. The summed E-state index contributed by atoms with van der Waals surface area (Å²) in [4.78, 5) is 15.2. The van der Waals surface area contributed by atoms with E-state index in [1.807, 2.05) is 12.1 Å². The number of rotatable bonds is 4. The molecular formula is C28H34N2O. The van der Waals surface area contributed by atoms with E-state index in [0.29, 0.717) is 5.41 Å². The summed E-state index contributed by atoms with van der Waals surface area (Å²) in [6.07, 6.45) is 12.4. The van der Waals surface area contributed by atoms with Crippen molar-refractivity contribution < 1.29 is 4.79 Å². The first-order chi connectivity index (χ1) is 15.2. The van der Waals surface area contributed by atoms with Crippen LogP contribution in [0.25, 0.3) is 0 Å². The van der Waals surface area contributed by atoms with Gasteiger partial charge in [0, 0.05) is 30.0 Å². The van der Waals surface area contributed by atoms with Gasteiger partial charge < -0.3 is 10.2 Å². The van der Waals surface area contributed by atoms with Crippen LogP contribution >= 0.6 is 0 Å². The molecule has 4 bridgehead atoms. The van der Waals surface area contributed by atoms with E-state index in [1.165, 1.54) is 69.0 Å². The van der Waals surface area contributed by atoms with Crippen molar-refractivity contribution in [3.63, 3.8) is 0 Å². The van der Waals surface area contributed by atoms with Gasteiger partial charge in [-0.15, -0.1) is 0 Å². The Hall–Kier alpha value is -2.29. The average molecular weight is 415 g/mol. The monoisotopic (exact) mass is 414 g/mol. The first-order valence-corrected chi connectivity index (χ1v) is 12.4. The third-order valence-corrected chi connectivity index (χ3v) is 8.64. The summed E-state index contributed by atoms with van der Waals surface area (Å²) in [5.41, 5.74) is 4.79. The van der Waals surface area contributed by atoms with E-state index in [9.17, 15) is 4.79 Å². The SMILES string of the molecule is O=C(Nc1ccc(C23CC4CC(CC(C4)C2)C3)cc1)c1ccc(N2CCCCC2)cc1. The van der Waals surface area contributed by atoms with Gasteiger partial charge in [-0.3, -0.25) is 4.79 Å². The van der Waals surface area contributed by atoms with Crippen LogP contribution in [0, 0.1) is 17.8 Å². The van der Waals surface area contributed by atoms with Crippen molar-refractivity contribution in [2.75, 3.05) is 23.3 Å². The summed E-state index contributed by atoms with van der Waals surface area (Å²) in [6, 6.07) is 16.9. The van der Waals surface area contributed by atoms with Gasteiger partial charge in [-0.2, -0.15) is 0 Å². The van der Waals surface area contributed by atoms with Gasteiger partial charge in [-0.25, -0.2) is 0 Å². The molecule has 4 saturated carbocycles. The molecule has 31 heavy (non-hydrogen) atoms. The lowest BCUT2D eigenvalue weighted by Gasteiger charge is -2.57. The van der Waals surface area contributed by atoms with Gasteiger partial charge in [0.2, 0.25) is 0 Å². The molecule has 2 aromatic carbocycles. The number of benzene rings is 2. The Balaban J connectivity index is 1.13. The lowest BCUT2D eigenvalue weighted by atomic mass is 9.48. The highest BCUT2D eigenvalue weighted by Crippen LogP contribution is 2.60. The Bertz CT molecular complexity index is 905. The molecule has 0 aromatic heterocycles. The van der Waals surface area contributed by atoms with Gasteiger partial charge in [-0.05, 0) is 123 Å². The second kappa shape index (κ2) is 7.69. The molecule has 1 heterocycles. The Kier molecular flexibility index (Phi) is 4.81. The van der Waals surface area contributed by atoms with Gasteiger partial charge in [0.15, 0.2) is 0 Å². The zero-order valence-corrected chi connectivity index (χ0v) is 18.5. The third-order valence-electron chi connectivity index (χ3n) is 8.64. The number of carbonyl (C=O) groups excluding carboxylic acids is 1. The highest BCUT2D eigenvalue weighted by atomic mass is 16.1. The van der Waals surface area contributed by atoms with Crippen molar-refractivity contribution in [3.05, 3.63) is 59.7 Å². The number of piperidine rings is 1. The number of amides is 1. The van der Waals surface area contributed by atoms with Crippen LogP contribution in [0.3, 0.4) is 0 Å². The minimum atomic E-state index is -0.0206. The quantitative estimate of drug-likeness (QED) is 0.628. The molecule has 0 spiro atoms. The number of anilines is 2. The molecule has 1 aliphatic heterocycles. The molecule has 0 unspecified atom stereocenters. The van der Waals surface area contributed by atoms with Crippen LogP contribution < -0.4 is 10.2 Å². The van der Waals surface area contributed by atoms with Crippen LogP contribution in [0.2, 0.25) is 0 Å². The standard InChI is InChI=1S/C28H34N2O/c31-27(23-4-10-26(11-5-23)30-12-2-1-3-13-30)29-25-8-6-24(7-9-25)28-17-20-14-21(18-28)16-22(15-20)19-28/h4-11,20-22H,1-3,12-19H2,(H,29,31). The van der Waals surface area contributed by atoms with Crippen molar-refractivity contribution in [1.29, 1.82) is 0 Å². The fraction of sp³-hybridized carbons (Fsp3) is 0.536. The number of nitrogens with zero attached hydrogens (tertiary/aromatic N) is 1. The highest BCUT2D eigenvalue weighted by molar-refractivity contribution is 6.04. The molecule has 0 radical (unpaired) electrons.